The summed E-state index contributed by atoms with van der Waals surface area (Å²) in [5, 5.41) is 12.4. The van der Waals surface area contributed by atoms with E-state index in [1.165, 1.54) is 6.42 Å². The molecule has 5 heteroatoms. The van der Waals surface area contributed by atoms with Crippen LogP contribution >= 0.6 is 15.9 Å². The molecule has 2 rings (SSSR count). The number of nitrogens with zero attached hydrogens (tertiary/aromatic N) is 1. The first-order chi connectivity index (χ1) is 12.0. The summed E-state index contributed by atoms with van der Waals surface area (Å²) in [5.41, 5.74) is 0.689. The highest BCUT2D eigenvalue weighted by atomic mass is 79.9. The van der Waals surface area contributed by atoms with Gasteiger partial charge in [-0.05, 0) is 43.0 Å². The Morgan fingerprint density at radius 1 is 1.48 bits per heavy atom. The summed E-state index contributed by atoms with van der Waals surface area (Å²) < 4.78 is 6.32. The Kier molecular flexibility index (Phi) is 7.10. The van der Waals surface area contributed by atoms with Gasteiger partial charge in [0.25, 0.3) is 5.91 Å². The number of amides is 1. The fourth-order valence-corrected chi connectivity index (χ4v) is 3.34. The molecular formula is C20H21BrN2O2. The summed E-state index contributed by atoms with van der Waals surface area (Å²) in [7, 11) is 0. The van der Waals surface area contributed by atoms with Gasteiger partial charge in [0, 0.05) is 16.1 Å². The third-order valence-electron chi connectivity index (χ3n) is 4.38. The fourth-order valence-electron chi connectivity index (χ4n) is 2.96. The van der Waals surface area contributed by atoms with Gasteiger partial charge in [0.05, 0.1) is 0 Å². The molecule has 1 aromatic carbocycles. The first-order valence-electron chi connectivity index (χ1n) is 8.33. The van der Waals surface area contributed by atoms with E-state index in [-0.39, 0.29) is 24.1 Å². The van der Waals surface area contributed by atoms with Gasteiger partial charge in [-0.1, -0.05) is 41.6 Å². The minimum Gasteiger partial charge on any atom is -0.480 e. The molecule has 0 heterocycles. The van der Waals surface area contributed by atoms with E-state index >= 15 is 0 Å². The number of halogens is 1. The maximum atomic E-state index is 12.5. The molecule has 1 aliphatic rings. The van der Waals surface area contributed by atoms with Crippen molar-refractivity contribution in [3.63, 3.8) is 0 Å². The molecular weight excluding hydrogens is 380 g/mol. The molecule has 0 bridgehead atoms. The number of benzene rings is 1. The van der Waals surface area contributed by atoms with Crippen molar-refractivity contribution in [2.75, 3.05) is 6.61 Å². The van der Waals surface area contributed by atoms with E-state index in [0.29, 0.717) is 17.2 Å². The maximum absolute atomic E-state index is 12.5. The van der Waals surface area contributed by atoms with Crippen molar-refractivity contribution in [2.24, 2.45) is 5.92 Å². The van der Waals surface area contributed by atoms with Gasteiger partial charge in [0.1, 0.15) is 24.0 Å². The minimum absolute atomic E-state index is 0.0569. The Hall–Kier alpha value is -2.24. The van der Waals surface area contributed by atoms with E-state index in [9.17, 15) is 10.1 Å². The van der Waals surface area contributed by atoms with Crippen LogP contribution in [0.15, 0.2) is 28.2 Å². The van der Waals surface area contributed by atoms with Gasteiger partial charge in [-0.3, -0.25) is 4.79 Å². The molecule has 0 saturated heterocycles. The van der Waals surface area contributed by atoms with E-state index in [4.69, 9.17) is 11.2 Å². The van der Waals surface area contributed by atoms with Crippen LogP contribution in [0.5, 0.6) is 5.75 Å². The smallest absolute Gasteiger partial charge is 0.262 e. The van der Waals surface area contributed by atoms with Gasteiger partial charge < -0.3 is 10.1 Å². The van der Waals surface area contributed by atoms with Crippen LogP contribution in [0.4, 0.5) is 0 Å². The summed E-state index contributed by atoms with van der Waals surface area (Å²) in [5.74, 6) is 3.03. The second kappa shape index (κ2) is 9.30. The second-order valence-corrected chi connectivity index (χ2v) is 7.10. The lowest BCUT2D eigenvalue weighted by molar-refractivity contribution is -0.118. The predicted octanol–water partition coefficient (Wildman–Crippen LogP) is 4.06. The number of ether oxygens (including phenoxy) is 1. The topological polar surface area (TPSA) is 62.1 Å². The van der Waals surface area contributed by atoms with Gasteiger partial charge in [-0.25, -0.2) is 0 Å². The molecule has 2 atom stereocenters. The number of nitriles is 1. The molecule has 1 amide bonds. The lowest BCUT2D eigenvalue weighted by Crippen LogP contribution is -2.41. The number of rotatable bonds is 5. The SMILES string of the molecule is C#CCOc1ccc(Br)cc1C=C(C#N)C(=O)NC1CCCCC1C. The van der Waals surface area contributed by atoms with Crippen LogP contribution in [0, 0.1) is 29.6 Å². The van der Waals surface area contributed by atoms with Crippen molar-refractivity contribution in [3.8, 4) is 24.2 Å². The summed E-state index contributed by atoms with van der Waals surface area (Å²) in [6.07, 6.45) is 11.1. The average molecular weight is 401 g/mol. The van der Waals surface area contributed by atoms with E-state index < -0.39 is 0 Å². The number of hydrogen-bond donors (Lipinski definition) is 1. The quantitative estimate of drug-likeness (QED) is 0.460. The van der Waals surface area contributed by atoms with Crippen molar-refractivity contribution in [1.29, 1.82) is 5.26 Å². The highest BCUT2D eigenvalue weighted by Crippen LogP contribution is 2.27. The number of carbonyl (C=O) groups is 1. The predicted molar refractivity (Wildman–Crippen MR) is 102 cm³/mol. The third-order valence-corrected chi connectivity index (χ3v) is 4.87. The normalized spacial score (nSPS) is 20.2. The van der Waals surface area contributed by atoms with Gasteiger partial charge in [0.15, 0.2) is 0 Å². The Balaban J connectivity index is 2.21. The molecule has 4 nitrogen and oxygen atoms in total. The Labute approximate surface area is 157 Å². The van der Waals surface area contributed by atoms with Crippen LogP contribution in [-0.2, 0) is 4.79 Å². The van der Waals surface area contributed by atoms with Crippen LogP contribution in [-0.4, -0.2) is 18.6 Å². The monoisotopic (exact) mass is 400 g/mol. The molecule has 1 fully saturated rings. The van der Waals surface area contributed by atoms with Crippen LogP contribution in [0.1, 0.15) is 38.2 Å². The van der Waals surface area contributed by atoms with Crippen LogP contribution in [0.25, 0.3) is 6.08 Å². The first kappa shape index (κ1) is 19.1. The fraction of sp³-hybridized carbons (Fsp3) is 0.400. The molecule has 1 aromatic rings. The third kappa shape index (κ3) is 5.37. The lowest BCUT2D eigenvalue weighted by Gasteiger charge is -2.29. The van der Waals surface area contributed by atoms with Crippen molar-refractivity contribution in [2.45, 2.75) is 38.6 Å². The largest absolute Gasteiger partial charge is 0.480 e. The van der Waals surface area contributed by atoms with Gasteiger partial charge in [-0.2, -0.15) is 5.26 Å². The Morgan fingerprint density at radius 3 is 2.92 bits per heavy atom. The molecule has 0 spiro atoms. The first-order valence-corrected chi connectivity index (χ1v) is 9.13. The van der Waals surface area contributed by atoms with Gasteiger partial charge in [-0.15, -0.1) is 6.42 Å². The lowest BCUT2D eigenvalue weighted by atomic mass is 9.86. The zero-order valence-electron chi connectivity index (χ0n) is 14.2. The molecule has 1 aliphatic carbocycles. The number of nitrogens with one attached hydrogen (secondary N) is 1. The number of hydrogen-bond acceptors (Lipinski definition) is 3. The van der Waals surface area contributed by atoms with Crippen LogP contribution in [0.3, 0.4) is 0 Å². The van der Waals surface area contributed by atoms with E-state index in [2.05, 4.69) is 34.1 Å². The summed E-state index contributed by atoms with van der Waals surface area (Å²) in [4.78, 5) is 12.5. The highest BCUT2D eigenvalue weighted by molar-refractivity contribution is 9.10. The molecule has 1 saturated carbocycles. The summed E-state index contributed by atoms with van der Waals surface area (Å²) in [6, 6.07) is 7.48. The molecule has 0 radical (unpaired) electrons. The van der Waals surface area contributed by atoms with Crippen molar-refractivity contribution in [1.82, 2.24) is 5.32 Å². The van der Waals surface area contributed by atoms with Crippen LogP contribution < -0.4 is 10.1 Å². The molecule has 25 heavy (non-hydrogen) atoms. The standard InChI is InChI=1S/C20H21BrN2O2/c1-3-10-25-19-9-8-17(21)12-15(19)11-16(13-22)20(24)23-18-7-5-4-6-14(18)2/h1,8-9,11-12,14,18H,4-7,10H2,2H3,(H,23,24). The van der Waals surface area contributed by atoms with Gasteiger partial charge in [0.2, 0.25) is 0 Å². The molecule has 2 unspecified atom stereocenters. The number of terminal acetylenes is 1. The Morgan fingerprint density at radius 2 is 2.24 bits per heavy atom. The summed E-state index contributed by atoms with van der Waals surface area (Å²) in [6.45, 7) is 2.26. The van der Waals surface area contributed by atoms with E-state index in [1.807, 2.05) is 12.1 Å². The van der Waals surface area contributed by atoms with Gasteiger partial charge >= 0.3 is 0 Å². The number of carbonyl (C=O) groups excluding carboxylic acids is 1. The molecule has 130 valence electrons. The minimum atomic E-state index is -0.343. The van der Waals surface area contributed by atoms with Crippen molar-refractivity contribution in [3.05, 3.63) is 33.8 Å². The van der Waals surface area contributed by atoms with Crippen molar-refractivity contribution < 1.29 is 9.53 Å². The molecule has 1 N–H and O–H groups in total. The van der Waals surface area contributed by atoms with Crippen molar-refractivity contribution >= 4 is 27.9 Å². The highest BCUT2D eigenvalue weighted by Gasteiger charge is 2.24. The zero-order chi connectivity index (χ0) is 18.2. The zero-order valence-corrected chi connectivity index (χ0v) is 15.8. The second-order valence-electron chi connectivity index (χ2n) is 6.19. The summed E-state index contributed by atoms with van der Waals surface area (Å²) >= 11 is 3.39. The Bertz CT molecular complexity index is 743. The molecule has 0 aliphatic heterocycles. The average Bonchev–Trinajstić information content (AvgIpc) is 2.60. The molecule has 0 aromatic heterocycles. The van der Waals surface area contributed by atoms with E-state index in [1.54, 1.807) is 18.2 Å². The van der Waals surface area contributed by atoms with Crippen LogP contribution in [0.2, 0.25) is 0 Å². The maximum Gasteiger partial charge on any atom is 0.262 e. The van der Waals surface area contributed by atoms with E-state index in [0.717, 1.165) is 23.7 Å².